The van der Waals surface area contributed by atoms with Gasteiger partial charge < -0.3 is 71.5 Å². The number of hydrogen-bond acceptors (Lipinski definition) is 20. The zero-order valence-corrected chi connectivity index (χ0v) is 66.3. The first-order valence-corrected chi connectivity index (χ1v) is 39.9. The molecule has 0 radical (unpaired) electrons. The van der Waals surface area contributed by atoms with E-state index in [2.05, 4.69) is 24.9 Å². The van der Waals surface area contributed by atoms with Crippen LogP contribution in [0.15, 0.2) is 114 Å². The summed E-state index contributed by atoms with van der Waals surface area (Å²) in [5.41, 5.74) is 9.97. The van der Waals surface area contributed by atoms with Crippen molar-refractivity contribution in [2.75, 3.05) is 120 Å². The lowest BCUT2D eigenvalue weighted by molar-refractivity contribution is -0.153. The molecule has 0 unspecified atom stereocenters. The zero-order valence-electron chi connectivity index (χ0n) is 66.3. The average molecular weight is 1590 g/mol. The third-order valence-electron chi connectivity index (χ3n) is 23.7. The molecule has 9 aliphatic rings. The maximum atomic E-state index is 15.2. The number of benzene rings is 4. The van der Waals surface area contributed by atoms with Gasteiger partial charge in [0.15, 0.2) is 69.2 Å². The van der Waals surface area contributed by atoms with Gasteiger partial charge in [0.05, 0.1) is 128 Å². The summed E-state index contributed by atoms with van der Waals surface area (Å²) in [7, 11) is 4.67. The molecule has 3 aliphatic carbocycles. The molecule has 26 heteroatoms. The van der Waals surface area contributed by atoms with Gasteiger partial charge in [-0.25, -0.2) is 13.2 Å². The Kier molecular flexibility index (Phi) is 23.1. The molecule has 606 valence electrons. The number of amides is 3. The second kappa shape index (κ2) is 34.0. The summed E-state index contributed by atoms with van der Waals surface area (Å²) in [6.45, 7) is 16.6. The Morgan fingerprint density at radius 1 is 0.388 bits per heavy atom. The lowest BCUT2D eigenvalue weighted by Gasteiger charge is -2.47. The smallest absolute Gasteiger partial charge is 0.225 e. The number of allylic oxidation sites excluding steroid dienone is 3. The van der Waals surface area contributed by atoms with Crippen LogP contribution in [0.4, 0.5) is 13.2 Å². The fourth-order valence-corrected chi connectivity index (χ4v) is 16.6. The Balaban J connectivity index is 0.000000131. The Bertz CT molecular complexity index is 5120. The summed E-state index contributed by atoms with van der Waals surface area (Å²) >= 11 is 0. The quantitative estimate of drug-likeness (QED) is 0.0541. The minimum absolute atomic E-state index is 0.0495. The summed E-state index contributed by atoms with van der Waals surface area (Å²) in [4.78, 5) is 66.0. The minimum atomic E-state index is -0.432. The number of ether oxygens (including phenoxy) is 12. The van der Waals surface area contributed by atoms with Crippen molar-refractivity contribution in [1.82, 2.24) is 39.6 Å². The third-order valence-corrected chi connectivity index (χ3v) is 23.7. The van der Waals surface area contributed by atoms with Crippen LogP contribution in [0.5, 0.6) is 69.0 Å². The Hall–Kier alpha value is -11.1. The Morgan fingerprint density at radius 2 is 0.733 bits per heavy atom. The number of methoxy groups -OCH3 is 3. The lowest BCUT2D eigenvalue weighted by Crippen LogP contribution is -2.52. The van der Waals surface area contributed by atoms with Gasteiger partial charge in [0.25, 0.3) is 0 Å². The van der Waals surface area contributed by atoms with Gasteiger partial charge in [0.1, 0.15) is 17.2 Å². The van der Waals surface area contributed by atoms with E-state index in [1.54, 1.807) is 107 Å². The van der Waals surface area contributed by atoms with Gasteiger partial charge in [-0.15, -0.1) is 0 Å². The molecular weight excluding hydrogens is 1490 g/mol. The van der Waals surface area contributed by atoms with Crippen molar-refractivity contribution >= 4 is 68.7 Å². The molecule has 116 heavy (non-hydrogen) atoms. The predicted molar refractivity (Wildman–Crippen MR) is 429 cm³/mol. The number of rotatable bonds is 23. The number of fused-ring (bicyclic) bond motifs is 6. The van der Waals surface area contributed by atoms with Crippen LogP contribution in [0.1, 0.15) is 125 Å². The van der Waals surface area contributed by atoms with Crippen LogP contribution in [0.2, 0.25) is 0 Å². The minimum Gasteiger partial charge on any atom is -0.493 e. The number of aromatic nitrogens is 5. The molecule has 0 saturated carbocycles. The number of likely N-dealkylation sites (tertiary alicyclic amines) is 3. The van der Waals surface area contributed by atoms with Crippen LogP contribution in [0, 0.1) is 33.7 Å². The van der Waals surface area contributed by atoms with Gasteiger partial charge in [-0.05, 0) is 127 Å². The summed E-state index contributed by atoms with van der Waals surface area (Å²) in [6, 6.07) is 19.3. The number of hydrogen-bond donors (Lipinski definition) is 0. The number of halogens is 3. The summed E-state index contributed by atoms with van der Waals surface area (Å²) in [5, 5.41) is 1.98. The predicted octanol–water partition coefficient (Wildman–Crippen LogP) is 16.2. The normalized spacial score (nSPS) is 17.6. The van der Waals surface area contributed by atoms with Crippen molar-refractivity contribution in [2.45, 2.75) is 111 Å². The second-order valence-electron chi connectivity index (χ2n) is 32.0. The van der Waals surface area contributed by atoms with Gasteiger partial charge in [-0.2, -0.15) is 0 Å². The molecule has 3 spiro atoms. The van der Waals surface area contributed by atoms with Gasteiger partial charge in [0.2, 0.25) is 17.7 Å². The molecule has 5 aromatic heterocycles. The standard InChI is InChI=1S/C31H33FN2O5.C30H32FN3O5.C29H30FN3O5/c1-20-14-21-5-6-26(30(32)22(21)15-20)39-25-7-10-33-24-17-28(27(36-2)16-23(24)25)38-13-3-4-29(35)34-11-8-31(9-12-34)18-37-19-31;1-19-12-21-22(13-19)33-16-27(29(21)31)39-24-5-8-32-23-15-26(25(36-2)14-20(23)24)38-11-3-4-28(35)34-9-6-30(7-10-34)17-37-18-30;1-18-11-20-21(12-18)32-15-26(28(20)30)38-23-3-7-31-22-14-25(24(35-2)13-19(22)23)37-10-4-27(34)33-8-5-29(6-9-33)16-36-17-29/h5-7,10,15-17H,3-4,8-9,11-14,18-19H2,1-2H3;5,8,12,14-16H,3-4,6-7,9-11,13,17-18H2,1-2H3;3,7,11,13-15H,4-6,8-10,12,16-17H2,1-2H3. The summed E-state index contributed by atoms with van der Waals surface area (Å²) < 4.78 is 114. The lowest BCUT2D eigenvalue weighted by atomic mass is 9.77. The molecule has 9 aromatic rings. The molecular formula is C90H95F3N8O15. The molecule has 6 fully saturated rings. The Morgan fingerprint density at radius 3 is 1.10 bits per heavy atom. The van der Waals surface area contributed by atoms with Crippen LogP contribution >= 0.6 is 0 Å². The largest absolute Gasteiger partial charge is 0.493 e. The number of piperidine rings is 3. The van der Waals surface area contributed by atoms with E-state index in [9.17, 15) is 14.4 Å². The van der Waals surface area contributed by atoms with Crippen LogP contribution < -0.4 is 42.6 Å². The van der Waals surface area contributed by atoms with Crippen LogP contribution in [-0.2, 0) is 47.9 Å². The number of pyridine rings is 5. The van der Waals surface area contributed by atoms with E-state index in [1.165, 1.54) is 12.4 Å². The van der Waals surface area contributed by atoms with Crippen molar-refractivity contribution in [2.24, 2.45) is 16.2 Å². The van der Waals surface area contributed by atoms with E-state index in [4.69, 9.17) is 56.8 Å². The van der Waals surface area contributed by atoms with Crippen LogP contribution in [0.3, 0.4) is 0 Å². The topological polar surface area (TPSA) is 236 Å². The molecule has 0 atom stereocenters. The molecule has 23 nitrogen and oxygen atoms in total. The second-order valence-corrected chi connectivity index (χ2v) is 32.0. The first kappa shape index (κ1) is 78.8. The van der Waals surface area contributed by atoms with E-state index in [0.717, 1.165) is 152 Å². The maximum Gasteiger partial charge on any atom is 0.225 e. The first-order chi connectivity index (χ1) is 56.3. The molecule has 0 bridgehead atoms. The van der Waals surface area contributed by atoms with E-state index < -0.39 is 11.6 Å². The average Bonchev–Trinajstić information content (AvgIpc) is 1.48. The van der Waals surface area contributed by atoms with Crippen molar-refractivity contribution < 1.29 is 84.4 Å². The van der Waals surface area contributed by atoms with Gasteiger partial charge >= 0.3 is 0 Å². The molecule has 6 saturated heterocycles. The fourth-order valence-electron chi connectivity index (χ4n) is 16.6. The highest BCUT2D eigenvalue weighted by Gasteiger charge is 2.44. The van der Waals surface area contributed by atoms with E-state index in [1.807, 2.05) is 53.7 Å². The van der Waals surface area contributed by atoms with Crippen molar-refractivity contribution in [3.05, 3.63) is 166 Å². The number of nitrogens with zero attached hydrogens (tertiary/aromatic N) is 8. The fraction of sp³-hybridized carbons (Fsp3) is 0.422. The van der Waals surface area contributed by atoms with E-state index in [-0.39, 0.29) is 53.8 Å². The van der Waals surface area contributed by atoms with Gasteiger partial charge in [0, 0.05) is 151 Å². The number of carbonyl (C=O) groups excluding carboxylic acids is 3. The third kappa shape index (κ3) is 16.8. The highest BCUT2D eigenvalue weighted by Crippen LogP contribution is 2.46. The van der Waals surface area contributed by atoms with E-state index in [0.29, 0.717) is 175 Å². The zero-order chi connectivity index (χ0) is 80.2. The molecule has 3 amide bonds. The van der Waals surface area contributed by atoms with Gasteiger partial charge in [-0.3, -0.25) is 39.3 Å². The highest BCUT2D eigenvalue weighted by molar-refractivity contribution is 5.91. The first-order valence-electron chi connectivity index (χ1n) is 39.9. The number of carbonyl (C=O) groups is 3. The van der Waals surface area contributed by atoms with Crippen molar-refractivity contribution in [3.8, 4) is 69.0 Å². The van der Waals surface area contributed by atoms with Crippen LogP contribution in [-0.4, -0.2) is 177 Å². The van der Waals surface area contributed by atoms with E-state index >= 15 is 13.2 Å². The van der Waals surface area contributed by atoms with Crippen LogP contribution in [0.25, 0.3) is 50.9 Å². The highest BCUT2D eigenvalue weighted by atomic mass is 19.1. The van der Waals surface area contributed by atoms with Crippen molar-refractivity contribution in [3.63, 3.8) is 0 Å². The van der Waals surface area contributed by atoms with Crippen molar-refractivity contribution in [1.29, 1.82) is 0 Å². The molecule has 6 aliphatic heterocycles. The molecule has 11 heterocycles. The Labute approximate surface area is 671 Å². The monoisotopic (exact) mass is 1580 g/mol. The molecule has 0 N–H and O–H groups in total. The summed E-state index contributed by atoms with van der Waals surface area (Å²) in [6.07, 6.45) is 23.6. The molecule has 18 rings (SSSR count). The maximum absolute atomic E-state index is 15.2. The van der Waals surface area contributed by atoms with Gasteiger partial charge in [-0.1, -0.05) is 41.0 Å². The SMILES string of the molecule is COc1cc2c(Oc3ccc4c(c3F)C=C(C)C4)ccnc2cc1OCCCC(=O)N1CCC2(CC1)COC2.COc1cc2c(Oc3cnc4c(c3F)C=C(C)C4)ccnc2cc1OCCC(=O)N1CCC2(CC1)COC2.COc1cc2c(Oc3cnc4c(c3F)C=C(C)C4)ccnc2cc1OCCCC(=O)N1CCC2(CC1)COC2. The summed E-state index contributed by atoms with van der Waals surface area (Å²) in [5.74, 6) is 3.85. The molecule has 4 aromatic carbocycles.